The lowest BCUT2D eigenvalue weighted by Gasteiger charge is -2.26. The highest BCUT2D eigenvalue weighted by Crippen LogP contribution is 2.26. The van der Waals surface area contributed by atoms with Crippen molar-refractivity contribution in [1.29, 1.82) is 0 Å². The fourth-order valence-electron chi connectivity index (χ4n) is 2.64. The molecule has 1 fully saturated rings. The van der Waals surface area contributed by atoms with Gasteiger partial charge in [0.15, 0.2) is 0 Å². The second-order valence-corrected chi connectivity index (χ2v) is 8.69. The number of rotatable bonds is 5. The molecule has 1 aliphatic heterocycles. The van der Waals surface area contributed by atoms with Crippen molar-refractivity contribution in [3.63, 3.8) is 0 Å². The van der Waals surface area contributed by atoms with Crippen LogP contribution in [0.25, 0.3) is 0 Å². The summed E-state index contributed by atoms with van der Waals surface area (Å²) in [5.74, 6) is -1.91. The molecule has 0 N–H and O–H groups in total. The van der Waals surface area contributed by atoms with E-state index < -0.39 is 27.4 Å². The minimum Gasteiger partial charge on any atom is -0.457 e. The standard InChI is InChI=1S/C18H16Cl2FNO5S/c19-15-2-1-3-16(20)14(15)11-27-18(23)13-10-12(4-5-17(13)21)28(24,25)22-6-8-26-9-7-22/h1-5,10H,6-9,11H2. The summed E-state index contributed by atoms with van der Waals surface area (Å²) >= 11 is 12.0. The zero-order valence-electron chi connectivity index (χ0n) is 14.5. The first-order chi connectivity index (χ1) is 13.3. The highest BCUT2D eigenvalue weighted by Gasteiger charge is 2.28. The van der Waals surface area contributed by atoms with Gasteiger partial charge in [-0.15, -0.1) is 0 Å². The Morgan fingerprint density at radius 3 is 2.43 bits per heavy atom. The smallest absolute Gasteiger partial charge is 0.341 e. The van der Waals surface area contributed by atoms with E-state index in [1.807, 2.05) is 0 Å². The van der Waals surface area contributed by atoms with Crippen LogP contribution in [0.3, 0.4) is 0 Å². The molecule has 3 rings (SSSR count). The average molecular weight is 448 g/mol. The molecule has 1 heterocycles. The lowest BCUT2D eigenvalue weighted by molar-refractivity contribution is 0.0467. The maximum atomic E-state index is 14.2. The Morgan fingerprint density at radius 2 is 1.79 bits per heavy atom. The summed E-state index contributed by atoms with van der Waals surface area (Å²) in [6, 6.07) is 7.79. The van der Waals surface area contributed by atoms with Crippen LogP contribution < -0.4 is 0 Å². The molecular weight excluding hydrogens is 432 g/mol. The summed E-state index contributed by atoms with van der Waals surface area (Å²) < 4.78 is 51.0. The monoisotopic (exact) mass is 447 g/mol. The third kappa shape index (κ3) is 4.47. The van der Waals surface area contributed by atoms with E-state index in [0.717, 1.165) is 18.2 Å². The summed E-state index contributed by atoms with van der Waals surface area (Å²) in [5, 5.41) is 0.592. The van der Waals surface area contributed by atoms with Crippen LogP contribution in [0.1, 0.15) is 15.9 Å². The van der Waals surface area contributed by atoms with E-state index in [1.54, 1.807) is 18.2 Å². The molecule has 1 aliphatic rings. The van der Waals surface area contributed by atoms with Crippen molar-refractivity contribution in [2.45, 2.75) is 11.5 Å². The number of morpholine rings is 1. The van der Waals surface area contributed by atoms with Crippen LogP contribution in [0.15, 0.2) is 41.3 Å². The third-order valence-electron chi connectivity index (χ3n) is 4.17. The van der Waals surface area contributed by atoms with E-state index in [2.05, 4.69) is 0 Å². The van der Waals surface area contributed by atoms with E-state index in [9.17, 15) is 17.6 Å². The second-order valence-electron chi connectivity index (χ2n) is 5.93. The molecule has 1 saturated heterocycles. The SMILES string of the molecule is O=C(OCc1c(Cl)cccc1Cl)c1cc(S(=O)(=O)N2CCOCC2)ccc1F. The van der Waals surface area contributed by atoms with Crippen LogP contribution in [-0.4, -0.2) is 45.0 Å². The average Bonchev–Trinajstić information content (AvgIpc) is 2.68. The van der Waals surface area contributed by atoms with Gasteiger partial charge in [-0.2, -0.15) is 4.31 Å². The van der Waals surface area contributed by atoms with Crippen LogP contribution in [0.5, 0.6) is 0 Å². The normalized spacial score (nSPS) is 15.4. The molecule has 28 heavy (non-hydrogen) atoms. The number of hydrogen-bond donors (Lipinski definition) is 0. The van der Waals surface area contributed by atoms with E-state index in [0.29, 0.717) is 15.6 Å². The highest BCUT2D eigenvalue weighted by atomic mass is 35.5. The highest BCUT2D eigenvalue weighted by molar-refractivity contribution is 7.89. The van der Waals surface area contributed by atoms with Gasteiger partial charge in [0, 0.05) is 28.7 Å². The van der Waals surface area contributed by atoms with E-state index >= 15 is 0 Å². The zero-order valence-corrected chi connectivity index (χ0v) is 16.9. The largest absolute Gasteiger partial charge is 0.457 e. The van der Waals surface area contributed by atoms with Crippen LogP contribution in [0, 0.1) is 5.82 Å². The van der Waals surface area contributed by atoms with E-state index in [1.165, 1.54) is 4.31 Å². The van der Waals surface area contributed by atoms with Crippen LogP contribution in [0.4, 0.5) is 4.39 Å². The molecule has 0 amide bonds. The Hall–Kier alpha value is -1.71. The molecule has 0 saturated carbocycles. The summed E-state index contributed by atoms with van der Waals surface area (Å²) in [6.45, 7) is 0.633. The number of sulfonamides is 1. The Bertz CT molecular complexity index is 973. The minimum absolute atomic E-state index is 0.185. The number of esters is 1. The number of nitrogens with zero attached hydrogens (tertiary/aromatic N) is 1. The molecule has 0 bridgehead atoms. The molecule has 0 aromatic heterocycles. The Balaban J connectivity index is 1.82. The van der Waals surface area contributed by atoms with E-state index in [4.69, 9.17) is 32.7 Å². The molecule has 6 nitrogen and oxygen atoms in total. The van der Waals surface area contributed by atoms with E-state index in [-0.39, 0.29) is 37.8 Å². The van der Waals surface area contributed by atoms with Gasteiger partial charge in [0.25, 0.3) is 0 Å². The predicted octanol–water partition coefficient (Wildman–Crippen LogP) is 3.51. The third-order valence-corrected chi connectivity index (χ3v) is 6.78. The number of ether oxygens (including phenoxy) is 2. The Labute approximate surface area is 171 Å². The van der Waals surface area contributed by atoms with Crippen LogP contribution >= 0.6 is 23.2 Å². The van der Waals surface area contributed by atoms with Gasteiger partial charge < -0.3 is 9.47 Å². The molecule has 0 unspecified atom stereocenters. The van der Waals surface area contributed by atoms with Crippen molar-refractivity contribution in [3.05, 3.63) is 63.4 Å². The number of carbonyl (C=O) groups excluding carboxylic acids is 1. The van der Waals surface area contributed by atoms with Gasteiger partial charge >= 0.3 is 5.97 Å². The molecule has 0 atom stereocenters. The number of benzene rings is 2. The number of hydrogen-bond acceptors (Lipinski definition) is 5. The maximum Gasteiger partial charge on any atom is 0.341 e. The first-order valence-corrected chi connectivity index (χ1v) is 10.5. The molecule has 2 aromatic rings. The predicted molar refractivity (Wildman–Crippen MR) is 102 cm³/mol. The lowest BCUT2D eigenvalue weighted by Crippen LogP contribution is -2.40. The molecule has 0 spiro atoms. The van der Waals surface area contributed by atoms with Crippen LogP contribution in [0.2, 0.25) is 10.0 Å². The van der Waals surface area contributed by atoms with Gasteiger partial charge in [-0.25, -0.2) is 17.6 Å². The number of halogens is 3. The zero-order chi connectivity index (χ0) is 20.3. The van der Waals surface area contributed by atoms with Gasteiger partial charge in [-0.1, -0.05) is 29.3 Å². The van der Waals surface area contributed by atoms with Crippen molar-refractivity contribution in [2.75, 3.05) is 26.3 Å². The van der Waals surface area contributed by atoms with Crippen molar-refractivity contribution < 1.29 is 27.1 Å². The molecule has 150 valence electrons. The summed E-state index contributed by atoms with van der Waals surface area (Å²) in [4.78, 5) is 12.1. The Morgan fingerprint density at radius 1 is 1.14 bits per heavy atom. The Kier molecular flexibility index (Phi) is 6.57. The first kappa shape index (κ1) is 21.0. The fourth-order valence-corrected chi connectivity index (χ4v) is 4.58. The topological polar surface area (TPSA) is 72.9 Å². The number of carbonyl (C=O) groups is 1. The summed E-state index contributed by atoms with van der Waals surface area (Å²) in [7, 11) is -3.88. The minimum atomic E-state index is -3.88. The summed E-state index contributed by atoms with van der Waals surface area (Å²) in [6.07, 6.45) is 0. The second kappa shape index (κ2) is 8.75. The quantitative estimate of drug-likeness (QED) is 0.655. The lowest BCUT2D eigenvalue weighted by atomic mass is 10.2. The van der Waals surface area contributed by atoms with Crippen molar-refractivity contribution in [1.82, 2.24) is 4.31 Å². The van der Waals surface area contributed by atoms with Crippen molar-refractivity contribution in [3.8, 4) is 0 Å². The van der Waals surface area contributed by atoms with Gasteiger partial charge in [0.2, 0.25) is 10.0 Å². The van der Waals surface area contributed by atoms with Gasteiger partial charge in [0.05, 0.1) is 23.7 Å². The molecule has 2 aromatic carbocycles. The first-order valence-electron chi connectivity index (χ1n) is 8.28. The summed E-state index contributed by atoms with van der Waals surface area (Å²) in [5.41, 5.74) is -0.116. The molecule has 10 heteroatoms. The van der Waals surface area contributed by atoms with Gasteiger partial charge in [0.1, 0.15) is 12.4 Å². The molecule has 0 aliphatic carbocycles. The molecular formula is C18H16Cl2FNO5S. The van der Waals surface area contributed by atoms with Gasteiger partial charge in [-0.05, 0) is 30.3 Å². The van der Waals surface area contributed by atoms with Crippen molar-refractivity contribution >= 4 is 39.2 Å². The maximum absolute atomic E-state index is 14.2. The molecule has 0 radical (unpaired) electrons. The van der Waals surface area contributed by atoms with Gasteiger partial charge in [-0.3, -0.25) is 0 Å². The van der Waals surface area contributed by atoms with Crippen LogP contribution in [-0.2, 0) is 26.1 Å². The fraction of sp³-hybridized carbons (Fsp3) is 0.278. The van der Waals surface area contributed by atoms with Crippen molar-refractivity contribution in [2.24, 2.45) is 0 Å².